The number of hydrogen-bond acceptors (Lipinski definition) is 4. The summed E-state index contributed by atoms with van der Waals surface area (Å²) >= 11 is 0. The van der Waals surface area contributed by atoms with Gasteiger partial charge in [0.1, 0.15) is 18.0 Å². The van der Waals surface area contributed by atoms with Crippen LogP contribution in [-0.4, -0.2) is 44.6 Å². The highest BCUT2D eigenvalue weighted by molar-refractivity contribution is 5.51. The van der Waals surface area contributed by atoms with Gasteiger partial charge in [0, 0.05) is 27.3 Å². The van der Waals surface area contributed by atoms with Gasteiger partial charge in [-0.15, -0.1) is 0 Å². The topological polar surface area (TPSA) is 41.9 Å². The molecule has 0 spiro atoms. The first-order chi connectivity index (χ1) is 9.06. The number of nitrogens with zero attached hydrogens (tertiary/aromatic N) is 1. The molecule has 4 nitrogen and oxygen atoms in total. The Labute approximate surface area is 112 Å². The Morgan fingerprint density at radius 3 is 2.26 bits per heavy atom. The van der Waals surface area contributed by atoms with Crippen molar-refractivity contribution in [1.29, 1.82) is 0 Å². The Morgan fingerprint density at radius 2 is 1.84 bits per heavy atom. The Kier molecular flexibility index (Phi) is 4.39. The molecule has 1 N–H and O–H groups in total. The van der Waals surface area contributed by atoms with Crippen molar-refractivity contribution in [3.8, 4) is 0 Å². The molecule has 0 bridgehead atoms. The summed E-state index contributed by atoms with van der Waals surface area (Å²) < 4.78 is 24.8. The van der Waals surface area contributed by atoms with Gasteiger partial charge in [-0.25, -0.2) is 4.39 Å². The number of aliphatic hydroxyl groups excluding tert-OH is 1. The number of benzene rings is 1. The van der Waals surface area contributed by atoms with E-state index in [1.54, 1.807) is 33.3 Å². The smallest absolute Gasteiger partial charge is 0.146 e. The van der Waals surface area contributed by atoms with Gasteiger partial charge >= 0.3 is 0 Å². The lowest BCUT2D eigenvalue weighted by molar-refractivity contribution is -0.00461. The van der Waals surface area contributed by atoms with E-state index in [2.05, 4.69) is 0 Å². The largest absolute Gasteiger partial charge is 0.389 e. The van der Waals surface area contributed by atoms with E-state index in [9.17, 15) is 9.50 Å². The SMILES string of the molecule is COC1CN(c2ccc(C(C)O)cc2F)CC1OC. The fraction of sp³-hybridized carbons (Fsp3) is 0.571. The first-order valence-corrected chi connectivity index (χ1v) is 6.35. The van der Waals surface area contributed by atoms with Gasteiger partial charge in [-0.05, 0) is 24.6 Å². The highest BCUT2D eigenvalue weighted by Gasteiger charge is 2.34. The third-order valence-electron chi connectivity index (χ3n) is 3.62. The van der Waals surface area contributed by atoms with Gasteiger partial charge in [0.25, 0.3) is 0 Å². The number of ether oxygens (including phenoxy) is 2. The van der Waals surface area contributed by atoms with Crippen LogP contribution in [-0.2, 0) is 9.47 Å². The van der Waals surface area contributed by atoms with Gasteiger partial charge in [-0.3, -0.25) is 0 Å². The summed E-state index contributed by atoms with van der Waals surface area (Å²) in [5, 5.41) is 9.44. The monoisotopic (exact) mass is 269 g/mol. The Hall–Kier alpha value is -1.17. The molecule has 0 amide bonds. The summed E-state index contributed by atoms with van der Waals surface area (Å²) in [4.78, 5) is 1.91. The molecular formula is C14H20FNO3. The molecule has 106 valence electrons. The zero-order chi connectivity index (χ0) is 14.0. The molecule has 1 heterocycles. The van der Waals surface area contributed by atoms with Crippen LogP contribution >= 0.6 is 0 Å². The van der Waals surface area contributed by atoms with Gasteiger partial charge in [0.2, 0.25) is 0 Å². The first-order valence-electron chi connectivity index (χ1n) is 6.35. The fourth-order valence-electron chi connectivity index (χ4n) is 2.43. The van der Waals surface area contributed by atoms with Crippen molar-refractivity contribution < 1.29 is 19.0 Å². The van der Waals surface area contributed by atoms with Gasteiger partial charge in [-0.1, -0.05) is 6.07 Å². The molecule has 0 aliphatic carbocycles. The van der Waals surface area contributed by atoms with Gasteiger partial charge < -0.3 is 19.5 Å². The molecule has 1 saturated heterocycles. The third-order valence-corrected chi connectivity index (χ3v) is 3.62. The summed E-state index contributed by atoms with van der Waals surface area (Å²) in [6.07, 6.45) is -0.776. The van der Waals surface area contributed by atoms with Crippen LogP contribution in [0.5, 0.6) is 0 Å². The molecule has 0 radical (unpaired) electrons. The van der Waals surface area contributed by atoms with Crippen molar-refractivity contribution in [3.05, 3.63) is 29.6 Å². The van der Waals surface area contributed by atoms with Crippen molar-refractivity contribution in [2.45, 2.75) is 25.2 Å². The van der Waals surface area contributed by atoms with Crippen molar-refractivity contribution in [2.24, 2.45) is 0 Å². The molecule has 19 heavy (non-hydrogen) atoms. The molecule has 1 aliphatic rings. The molecule has 0 aromatic heterocycles. The normalized spacial score (nSPS) is 24.8. The zero-order valence-electron chi connectivity index (χ0n) is 11.5. The Morgan fingerprint density at radius 1 is 1.26 bits per heavy atom. The van der Waals surface area contributed by atoms with Crippen molar-refractivity contribution >= 4 is 5.69 Å². The van der Waals surface area contributed by atoms with E-state index in [1.807, 2.05) is 4.90 Å². The van der Waals surface area contributed by atoms with Gasteiger partial charge in [0.05, 0.1) is 11.8 Å². The summed E-state index contributed by atoms with van der Waals surface area (Å²) in [5.41, 5.74) is 1.10. The summed E-state index contributed by atoms with van der Waals surface area (Å²) in [6, 6.07) is 4.81. The van der Waals surface area contributed by atoms with E-state index < -0.39 is 6.10 Å². The second-order valence-corrected chi connectivity index (χ2v) is 4.84. The minimum Gasteiger partial charge on any atom is -0.389 e. The molecule has 1 aliphatic heterocycles. The van der Waals surface area contributed by atoms with Crippen molar-refractivity contribution in [3.63, 3.8) is 0 Å². The highest BCUT2D eigenvalue weighted by atomic mass is 19.1. The van der Waals surface area contributed by atoms with Crippen LogP contribution in [0.1, 0.15) is 18.6 Å². The number of anilines is 1. The second-order valence-electron chi connectivity index (χ2n) is 4.84. The lowest BCUT2D eigenvalue weighted by atomic mass is 10.1. The quantitative estimate of drug-likeness (QED) is 0.904. The third kappa shape index (κ3) is 2.88. The van der Waals surface area contributed by atoms with Crippen LogP contribution in [0, 0.1) is 5.82 Å². The van der Waals surface area contributed by atoms with E-state index in [1.165, 1.54) is 6.07 Å². The summed E-state index contributed by atoms with van der Waals surface area (Å²) in [6.45, 7) is 2.81. The minimum atomic E-state index is -0.666. The average molecular weight is 269 g/mol. The number of aliphatic hydroxyl groups is 1. The number of rotatable bonds is 4. The van der Waals surface area contributed by atoms with Crippen LogP contribution < -0.4 is 4.90 Å². The maximum absolute atomic E-state index is 14.1. The Balaban J connectivity index is 2.19. The van der Waals surface area contributed by atoms with E-state index in [0.717, 1.165) is 0 Å². The molecule has 0 saturated carbocycles. The van der Waals surface area contributed by atoms with E-state index in [-0.39, 0.29) is 18.0 Å². The van der Waals surface area contributed by atoms with Crippen LogP contribution in [0.2, 0.25) is 0 Å². The molecule has 1 aromatic rings. The standard InChI is InChI=1S/C14H20FNO3/c1-9(17)10-4-5-12(11(15)6-10)16-7-13(18-2)14(8-16)19-3/h4-6,9,13-14,17H,7-8H2,1-3H3. The zero-order valence-corrected chi connectivity index (χ0v) is 11.5. The number of halogens is 1. The number of hydrogen-bond donors (Lipinski definition) is 1. The van der Waals surface area contributed by atoms with Crippen LogP contribution in [0.25, 0.3) is 0 Å². The lowest BCUT2D eigenvalue weighted by Crippen LogP contribution is -2.27. The van der Waals surface area contributed by atoms with E-state index in [0.29, 0.717) is 24.3 Å². The van der Waals surface area contributed by atoms with Crippen LogP contribution in [0.4, 0.5) is 10.1 Å². The van der Waals surface area contributed by atoms with E-state index in [4.69, 9.17) is 9.47 Å². The lowest BCUT2D eigenvalue weighted by Gasteiger charge is -2.19. The molecular weight excluding hydrogens is 249 g/mol. The van der Waals surface area contributed by atoms with Crippen LogP contribution in [0.3, 0.4) is 0 Å². The highest BCUT2D eigenvalue weighted by Crippen LogP contribution is 2.28. The summed E-state index contributed by atoms with van der Waals surface area (Å²) in [5.74, 6) is -0.329. The minimum absolute atomic E-state index is 0.0548. The van der Waals surface area contributed by atoms with Crippen LogP contribution in [0.15, 0.2) is 18.2 Å². The molecule has 2 rings (SSSR count). The Bertz CT molecular complexity index is 427. The molecule has 3 atom stereocenters. The predicted molar refractivity (Wildman–Crippen MR) is 70.8 cm³/mol. The van der Waals surface area contributed by atoms with Crippen molar-refractivity contribution in [1.82, 2.24) is 0 Å². The maximum atomic E-state index is 14.1. The van der Waals surface area contributed by atoms with E-state index >= 15 is 0 Å². The molecule has 1 aromatic carbocycles. The molecule has 1 fully saturated rings. The summed E-state index contributed by atoms with van der Waals surface area (Å²) in [7, 11) is 3.26. The predicted octanol–water partition coefficient (Wildman–Crippen LogP) is 1.73. The fourth-order valence-corrected chi connectivity index (χ4v) is 2.43. The second kappa shape index (κ2) is 5.86. The van der Waals surface area contributed by atoms with Gasteiger partial charge in [0.15, 0.2) is 0 Å². The maximum Gasteiger partial charge on any atom is 0.146 e. The molecule has 3 unspecified atom stereocenters. The first kappa shape index (κ1) is 14.2. The number of methoxy groups -OCH3 is 2. The van der Waals surface area contributed by atoms with Gasteiger partial charge in [-0.2, -0.15) is 0 Å². The van der Waals surface area contributed by atoms with Crippen molar-refractivity contribution in [2.75, 3.05) is 32.2 Å². The molecule has 5 heteroatoms. The average Bonchev–Trinajstić information content (AvgIpc) is 2.81.